The van der Waals surface area contributed by atoms with E-state index < -0.39 is 17.7 Å². The number of aliphatic hydroxyl groups is 1. The van der Waals surface area contributed by atoms with Crippen molar-refractivity contribution in [2.75, 3.05) is 14.2 Å². The van der Waals surface area contributed by atoms with Crippen molar-refractivity contribution in [1.29, 1.82) is 0 Å². The van der Waals surface area contributed by atoms with Crippen molar-refractivity contribution in [2.24, 2.45) is 0 Å². The minimum atomic E-state index is -0.807. The number of aromatic nitrogens is 1. The highest BCUT2D eigenvalue weighted by atomic mass is 16.5. The van der Waals surface area contributed by atoms with Crippen molar-refractivity contribution in [3.05, 3.63) is 95.3 Å². The molecule has 2 aromatic carbocycles. The summed E-state index contributed by atoms with van der Waals surface area (Å²) in [6.45, 7) is 0.113. The lowest BCUT2D eigenvalue weighted by atomic mass is 9.95. The van der Waals surface area contributed by atoms with Gasteiger partial charge in [0.25, 0.3) is 11.7 Å². The molecule has 7 heteroatoms. The summed E-state index contributed by atoms with van der Waals surface area (Å²) < 4.78 is 10.6. The maximum absolute atomic E-state index is 13.1. The van der Waals surface area contributed by atoms with Crippen LogP contribution in [0.1, 0.15) is 22.9 Å². The van der Waals surface area contributed by atoms with Gasteiger partial charge in [-0.25, -0.2) is 0 Å². The van der Waals surface area contributed by atoms with Gasteiger partial charge in [0, 0.05) is 11.8 Å². The second-order valence-electron chi connectivity index (χ2n) is 7.26. The molecule has 0 saturated carbocycles. The number of amides is 1. The van der Waals surface area contributed by atoms with Gasteiger partial charge in [-0.1, -0.05) is 30.3 Å². The molecule has 0 spiro atoms. The van der Waals surface area contributed by atoms with Crippen LogP contribution in [-0.2, 0) is 16.1 Å². The van der Waals surface area contributed by atoms with Gasteiger partial charge in [0.15, 0.2) is 0 Å². The second-order valence-corrected chi connectivity index (χ2v) is 7.26. The van der Waals surface area contributed by atoms with Gasteiger partial charge >= 0.3 is 0 Å². The molecular weight excluding hydrogens is 408 g/mol. The number of ketones is 1. The summed E-state index contributed by atoms with van der Waals surface area (Å²) in [7, 11) is 3.06. The quantitative estimate of drug-likeness (QED) is 0.364. The fourth-order valence-corrected chi connectivity index (χ4v) is 3.79. The first-order valence-electron chi connectivity index (χ1n) is 10.00. The van der Waals surface area contributed by atoms with Gasteiger partial charge < -0.3 is 19.5 Å². The van der Waals surface area contributed by atoms with Crippen molar-refractivity contribution < 1.29 is 24.2 Å². The van der Waals surface area contributed by atoms with Crippen LogP contribution in [0.3, 0.4) is 0 Å². The molecule has 1 saturated heterocycles. The summed E-state index contributed by atoms with van der Waals surface area (Å²) in [4.78, 5) is 31.9. The highest BCUT2D eigenvalue weighted by Crippen LogP contribution is 2.41. The van der Waals surface area contributed by atoms with Gasteiger partial charge in [0.05, 0.1) is 38.1 Å². The van der Waals surface area contributed by atoms with Crippen LogP contribution in [0.15, 0.2) is 78.5 Å². The van der Waals surface area contributed by atoms with Gasteiger partial charge in [-0.05, 0) is 42.0 Å². The number of rotatable bonds is 6. The Bertz CT molecular complexity index is 1190. The largest absolute Gasteiger partial charge is 0.507 e. The number of methoxy groups -OCH3 is 2. The zero-order valence-corrected chi connectivity index (χ0v) is 17.7. The molecule has 7 nitrogen and oxygen atoms in total. The van der Waals surface area contributed by atoms with E-state index >= 15 is 0 Å². The fourth-order valence-electron chi connectivity index (χ4n) is 3.79. The van der Waals surface area contributed by atoms with Gasteiger partial charge in [0.1, 0.15) is 17.3 Å². The van der Waals surface area contributed by atoms with E-state index in [1.165, 1.54) is 12.0 Å². The molecule has 1 aliphatic heterocycles. The van der Waals surface area contributed by atoms with Crippen LogP contribution in [0.5, 0.6) is 11.5 Å². The van der Waals surface area contributed by atoms with E-state index in [-0.39, 0.29) is 17.9 Å². The average molecular weight is 430 g/mol. The Hall–Kier alpha value is -4.13. The normalized spacial score (nSPS) is 17.4. The number of hydrogen-bond acceptors (Lipinski definition) is 6. The predicted molar refractivity (Wildman–Crippen MR) is 118 cm³/mol. The molecule has 3 aromatic rings. The first-order valence-corrected chi connectivity index (χ1v) is 10.00. The highest BCUT2D eigenvalue weighted by molar-refractivity contribution is 6.46. The zero-order valence-electron chi connectivity index (χ0n) is 17.7. The molecule has 1 atom stereocenters. The van der Waals surface area contributed by atoms with Gasteiger partial charge in [-0.15, -0.1) is 0 Å². The molecular formula is C25H22N2O5. The van der Waals surface area contributed by atoms with E-state index in [2.05, 4.69) is 4.98 Å². The SMILES string of the molecule is COc1cccc(/C(O)=C2/C(=O)C(=O)N(Cc3ccccn3)C2c2cccc(OC)c2)c1. The predicted octanol–water partition coefficient (Wildman–Crippen LogP) is 3.72. The molecule has 32 heavy (non-hydrogen) atoms. The third-order valence-electron chi connectivity index (χ3n) is 5.35. The first kappa shape index (κ1) is 21.1. The Labute approximate surface area is 185 Å². The first-order chi connectivity index (χ1) is 15.5. The van der Waals surface area contributed by atoms with E-state index in [1.54, 1.807) is 74.0 Å². The average Bonchev–Trinajstić information content (AvgIpc) is 3.09. The highest BCUT2D eigenvalue weighted by Gasteiger charge is 2.46. The van der Waals surface area contributed by atoms with Crippen LogP contribution in [0, 0.1) is 0 Å². The number of Topliss-reactive ketones (excluding diaryl/α,β-unsaturated/α-hetero) is 1. The molecule has 0 bridgehead atoms. The van der Waals surface area contributed by atoms with Crippen LogP contribution < -0.4 is 9.47 Å². The van der Waals surface area contributed by atoms with Crippen LogP contribution in [-0.4, -0.2) is 40.9 Å². The third-order valence-corrected chi connectivity index (χ3v) is 5.35. The Morgan fingerprint density at radius 3 is 2.38 bits per heavy atom. The molecule has 1 fully saturated rings. The molecule has 162 valence electrons. The van der Waals surface area contributed by atoms with Crippen LogP contribution >= 0.6 is 0 Å². The maximum atomic E-state index is 13.1. The number of nitrogens with zero attached hydrogens (tertiary/aromatic N) is 2. The molecule has 1 unspecified atom stereocenters. The maximum Gasteiger partial charge on any atom is 0.296 e. The third kappa shape index (κ3) is 3.92. The van der Waals surface area contributed by atoms with Crippen molar-refractivity contribution in [2.45, 2.75) is 12.6 Å². The number of ether oxygens (including phenoxy) is 2. The summed E-state index contributed by atoms with van der Waals surface area (Å²) in [5.74, 6) is -0.623. The monoisotopic (exact) mass is 430 g/mol. The number of benzene rings is 2. The fraction of sp³-hybridized carbons (Fsp3) is 0.160. The Balaban J connectivity index is 1.88. The lowest BCUT2D eigenvalue weighted by molar-refractivity contribution is -0.140. The lowest BCUT2D eigenvalue weighted by Gasteiger charge is -2.25. The molecule has 2 heterocycles. The number of pyridine rings is 1. The summed E-state index contributed by atoms with van der Waals surface area (Å²) in [6.07, 6.45) is 1.63. The Morgan fingerprint density at radius 2 is 1.69 bits per heavy atom. The van der Waals surface area contributed by atoms with E-state index in [9.17, 15) is 14.7 Å². The number of aliphatic hydroxyl groups excluding tert-OH is 1. The molecule has 1 aliphatic rings. The van der Waals surface area contributed by atoms with E-state index in [0.29, 0.717) is 28.3 Å². The van der Waals surface area contributed by atoms with Crippen LogP contribution in [0.4, 0.5) is 0 Å². The molecule has 4 rings (SSSR count). The van der Waals surface area contributed by atoms with Crippen molar-refractivity contribution in [3.63, 3.8) is 0 Å². The molecule has 1 amide bonds. The number of carbonyl (C=O) groups excluding carboxylic acids is 2. The second kappa shape index (κ2) is 8.93. The number of hydrogen-bond donors (Lipinski definition) is 1. The summed E-state index contributed by atoms with van der Waals surface area (Å²) in [5, 5.41) is 11.1. The minimum absolute atomic E-state index is 0.00689. The van der Waals surface area contributed by atoms with Crippen LogP contribution in [0.2, 0.25) is 0 Å². The molecule has 0 aliphatic carbocycles. The summed E-state index contributed by atoms with van der Waals surface area (Å²) in [6, 6.07) is 18.4. The summed E-state index contributed by atoms with van der Waals surface area (Å²) in [5.41, 5.74) is 1.66. The van der Waals surface area contributed by atoms with Crippen molar-refractivity contribution >= 4 is 17.4 Å². The molecule has 1 aromatic heterocycles. The smallest absolute Gasteiger partial charge is 0.296 e. The number of carbonyl (C=O) groups is 2. The standard InChI is InChI=1S/C25H22N2O5/c1-31-19-10-5-7-16(13-19)22-21(23(28)17-8-6-11-20(14-17)32-2)24(29)25(30)27(22)15-18-9-3-4-12-26-18/h3-14,22,28H,15H2,1-2H3/b23-21-. The van der Waals surface area contributed by atoms with Crippen LogP contribution in [0.25, 0.3) is 5.76 Å². The van der Waals surface area contributed by atoms with Crippen molar-refractivity contribution in [3.8, 4) is 11.5 Å². The van der Waals surface area contributed by atoms with Gasteiger partial charge in [-0.2, -0.15) is 0 Å². The lowest BCUT2D eigenvalue weighted by Crippen LogP contribution is -2.29. The van der Waals surface area contributed by atoms with E-state index in [4.69, 9.17) is 9.47 Å². The Morgan fingerprint density at radius 1 is 0.969 bits per heavy atom. The molecule has 1 N–H and O–H groups in total. The summed E-state index contributed by atoms with van der Waals surface area (Å²) >= 11 is 0. The van der Waals surface area contributed by atoms with Gasteiger partial charge in [-0.3, -0.25) is 14.6 Å². The van der Waals surface area contributed by atoms with Gasteiger partial charge in [0.2, 0.25) is 0 Å². The Kier molecular flexibility index (Phi) is 5.89. The topological polar surface area (TPSA) is 89.0 Å². The zero-order chi connectivity index (χ0) is 22.7. The van der Waals surface area contributed by atoms with E-state index in [1.807, 2.05) is 6.07 Å². The number of likely N-dealkylation sites (tertiary alicyclic amines) is 1. The van der Waals surface area contributed by atoms with Crippen molar-refractivity contribution in [1.82, 2.24) is 9.88 Å². The van der Waals surface area contributed by atoms with E-state index in [0.717, 1.165) is 0 Å². The minimum Gasteiger partial charge on any atom is -0.507 e. The molecule has 0 radical (unpaired) electrons.